The molecule has 3 heteroatoms. The second-order valence-electron chi connectivity index (χ2n) is 9.39. The van der Waals surface area contributed by atoms with Gasteiger partial charge in [-0.3, -0.25) is 0 Å². The summed E-state index contributed by atoms with van der Waals surface area (Å²) in [4.78, 5) is 11.3. The molecule has 1 aromatic rings. The molecule has 0 saturated carbocycles. The van der Waals surface area contributed by atoms with Gasteiger partial charge in [-0.2, -0.15) is 0 Å². The van der Waals surface area contributed by atoms with Crippen LogP contribution in [0.15, 0.2) is 42.7 Å². The first-order chi connectivity index (χ1) is 15.7. The van der Waals surface area contributed by atoms with E-state index in [0.29, 0.717) is 12.2 Å². The maximum Gasteiger partial charge on any atom is 0.333 e. The molecule has 0 fully saturated rings. The van der Waals surface area contributed by atoms with Crippen LogP contribution < -0.4 is 4.57 Å². The number of unbranched alkanes of at least 4 members (excludes halogenated alkanes) is 17. The Morgan fingerprint density at radius 3 is 1.41 bits per heavy atom. The van der Waals surface area contributed by atoms with E-state index in [-0.39, 0.29) is 5.97 Å². The second kappa shape index (κ2) is 21.2. The Labute approximate surface area is 198 Å². The smallest absolute Gasteiger partial charge is 0.333 e. The van der Waals surface area contributed by atoms with Crippen LogP contribution in [0, 0.1) is 0 Å². The molecule has 0 spiro atoms. The van der Waals surface area contributed by atoms with Crippen molar-refractivity contribution >= 4 is 5.97 Å². The fourth-order valence-corrected chi connectivity index (χ4v) is 4.10. The van der Waals surface area contributed by atoms with E-state index in [1.165, 1.54) is 103 Å². The van der Waals surface area contributed by atoms with Crippen LogP contribution in [0.3, 0.4) is 0 Å². The van der Waals surface area contributed by atoms with Gasteiger partial charge < -0.3 is 4.74 Å². The van der Waals surface area contributed by atoms with Crippen LogP contribution in [-0.2, 0) is 16.1 Å². The van der Waals surface area contributed by atoms with Crippen molar-refractivity contribution < 1.29 is 14.1 Å². The predicted molar refractivity (Wildman–Crippen MR) is 136 cm³/mol. The zero-order chi connectivity index (χ0) is 23.1. The van der Waals surface area contributed by atoms with Crippen molar-refractivity contribution in [3.05, 3.63) is 42.7 Å². The quantitative estimate of drug-likeness (QED) is 0.0782. The van der Waals surface area contributed by atoms with Gasteiger partial charge in [0, 0.05) is 24.1 Å². The number of hydrogen-bond donors (Lipinski definition) is 0. The van der Waals surface area contributed by atoms with Crippen LogP contribution >= 0.6 is 0 Å². The Morgan fingerprint density at radius 2 is 1.00 bits per heavy atom. The summed E-state index contributed by atoms with van der Waals surface area (Å²) in [5.74, 6) is -0.255. The Bertz CT molecular complexity index is 570. The van der Waals surface area contributed by atoms with Crippen LogP contribution in [0.2, 0.25) is 0 Å². The summed E-state index contributed by atoms with van der Waals surface area (Å²) in [5, 5.41) is 0. The van der Waals surface area contributed by atoms with Gasteiger partial charge in [0.2, 0.25) is 0 Å². The largest absolute Gasteiger partial charge is 0.462 e. The molecular formula is C29H50NO2+. The minimum atomic E-state index is -0.255. The lowest BCUT2D eigenvalue weighted by Gasteiger charge is -2.05. The van der Waals surface area contributed by atoms with E-state index in [0.717, 1.165) is 19.4 Å². The summed E-state index contributed by atoms with van der Waals surface area (Å²) in [6, 6.07) is 6.30. The molecule has 32 heavy (non-hydrogen) atoms. The molecule has 0 saturated heterocycles. The maximum atomic E-state index is 11.3. The van der Waals surface area contributed by atoms with Crippen LogP contribution in [0.1, 0.15) is 122 Å². The molecular weight excluding hydrogens is 394 g/mol. The number of nitrogens with zero attached hydrogens (tertiary/aromatic N) is 1. The van der Waals surface area contributed by atoms with Gasteiger partial charge in [0.25, 0.3) is 0 Å². The highest BCUT2D eigenvalue weighted by atomic mass is 16.5. The summed E-state index contributed by atoms with van der Waals surface area (Å²) in [6.07, 6.45) is 28.7. The van der Waals surface area contributed by atoms with Gasteiger partial charge in [-0.1, -0.05) is 109 Å². The van der Waals surface area contributed by atoms with E-state index in [4.69, 9.17) is 4.74 Å². The molecule has 0 unspecified atom stereocenters. The third kappa shape index (κ3) is 18.0. The zero-order valence-corrected chi connectivity index (χ0v) is 21.0. The maximum absolute atomic E-state index is 11.3. The minimum Gasteiger partial charge on any atom is -0.462 e. The molecule has 0 N–H and O–H groups in total. The number of aryl methyl sites for hydroxylation is 1. The highest BCUT2D eigenvalue weighted by molar-refractivity contribution is 5.86. The second-order valence-corrected chi connectivity index (χ2v) is 9.39. The van der Waals surface area contributed by atoms with Crippen molar-refractivity contribution in [2.75, 3.05) is 6.61 Å². The van der Waals surface area contributed by atoms with Gasteiger partial charge in [0.05, 0.1) is 6.61 Å². The molecule has 0 aromatic carbocycles. The van der Waals surface area contributed by atoms with Crippen molar-refractivity contribution in [3.8, 4) is 0 Å². The van der Waals surface area contributed by atoms with Gasteiger partial charge in [0.15, 0.2) is 12.4 Å². The number of aromatic nitrogens is 1. The highest BCUT2D eigenvalue weighted by Crippen LogP contribution is 2.14. The first-order valence-corrected chi connectivity index (χ1v) is 13.5. The fraction of sp³-hybridized carbons (Fsp3) is 0.724. The van der Waals surface area contributed by atoms with Crippen molar-refractivity contribution in [1.82, 2.24) is 0 Å². The monoisotopic (exact) mass is 444 g/mol. The lowest BCUT2D eigenvalue weighted by molar-refractivity contribution is -0.697. The van der Waals surface area contributed by atoms with Crippen molar-refractivity contribution in [3.63, 3.8) is 0 Å². The molecule has 0 atom stereocenters. The Morgan fingerprint density at radius 1 is 0.625 bits per heavy atom. The fourth-order valence-electron chi connectivity index (χ4n) is 4.10. The normalized spacial score (nSPS) is 10.9. The standard InChI is InChI=1S/C29H50NO2/c1-28(2)29(31)32-27-23-18-16-14-12-10-8-6-4-3-5-7-9-11-13-15-17-20-24-30-25-21-19-22-26-30/h19,21-22,25-26H,1,3-18,20,23-24,27H2,2H3/q+1. The number of carbonyl (C=O) groups is 1. The minimum absolute atomic E-state index is 0.255. The number of ether oxygens (including phenoxy) is 1. The zero-order valence-electron chi connectivity index (χ0n) is 21.0. The lowest BCUT2D eigenvalue weighted by atomic mass is 10.0. The number of hydrogen-bond acceptors (Lipinski definition) is 2. The van der Waals surface area contributed by atoms with E-state index in [1.54, 1.807) is 6.92 Å². The van der Waals surface area contributed by atoms with Crippen LogP contribution in [-0.4, -0.2) is 12.6 Å². The van der Waals surface area contributed by atoms with Crippen molar-refractivity contribution in [1.29, 1.82) is 0 Å². The van der Waals surface area contributed by atoms with Gasteiger partial charge in [0.1, 0.15) is 6.54 Å². The number of rotatable bonds is 22. The van der Waals surface area contributed by atoms with E-state index < -0.39 is 0 Å². The van der Waals surface area contributed by atoms with Gasteiger partial charge in [-0.05, 0) is 19.8 Å². The third-order valence-electron chi connectivity index (χ3n) is 6.17. The van der Waals surface area contributed by atoms with Gasteiger partial charge >= 0.3 is 5.97 Å². The first kappa shape index (κ1) is 28.4. The van der Waals surface area contributed by atoms with Crippen molar-refractivity contribution in [2.45, 2.75) is 129 Å². The molecule has 182 valence electrons. The molecule has 0 amide bonds. The van der Waals surface area contributed by atoms with Gasteiger partial charge in [-0.25, -0.2) is 9.36 Å². The van der Waals surface area contributed by atoms with E-state index >= 15 is 0 Å². The average Bonchev–Trinajstić information content (AvgIpc) is 2.80. The summed E-state index contributed by atoms with van der Waals surface area (Å²) < 4.78 is 7.40. The number of carbonyl (C=O) groups excluding carboxylic acids is 1. The van der Waals surface area contributed by atoms with Crippen LogP contribution in [0.4, 0.5) is 0 Å². The number of pyridine rings is 1. The molecule has 3 nitrogen and oxygen atoms in total. The van der Waals surface area contributed by atoms with Gasteiger partial charge in [-0.15, -0.1) is 0 Å². The molecule has 0 bridgehead atoms. The Hall–Kier alpha value is -1.64. The SMILES string of the molecule is C=C(C)C(=O)OCCCCCCCCCCCCCCCCCCCC[n+]1ccccc1. The molecule has 0 aliphatic rings. The Kier molecular flexibility index (Phi) is 18.8. The summed E-state index contributed by atoms with van der Waals surface area (Å²) in [5.41, 5.74) is 0.491. The van der Waals surface area contributed by atoms with Crippen LogP contribution in [0.5, 0.6) is 0 Å². The van der Waals surface area contributed by atoms with Crippen molar-refractivity contribution in [2.24, 2.45) is 0 Å². The topological polar surface area (TPSA) is 30.2 Å². The predicted octanol–water partition coefficient (Wildman–Crippen LogP) is 8.12. The molecule has 1 aromatic heterocycles. The molecule has 0 aliphatic heterocycles. The molecule has 1 heterocycles. The Balaban J connectivity index is 1.68. The summed E-state index contributed by atoms with van der Waals surface area (Å²) in [6.45, 7) is 6.99. The molecule has 0 radical (unpaired) electrons. The first-order valence-electron chi connectivity index (χ1n) is 13.5. The highest BCUT2D eigenvalue weighted by Gasteiger charge is 2.02. The average molecular weight is 445 g/mol. The molecule has 0 aliphatic carbocycles. The summed E-state index contributed by atoms with van der Waals surface area (Å²) >= 11 is 0. The third-order valence-corrected chi connectivity index (χ3v) is 6.17. The molecule has 1 rings (SSSR count). The van der Waals surface area contributed by atoms with E-state index in [9.17, 15) is 4.79 Å². The van der Waals surface area contributed by atoms with Crippen LogP contribution in [0.25, 0.3) is 0 Å². The van der Waals surface area contributed by atoms with E-state index in [1.807, 2.05) is 0 Å². The lowest BCUT2D eigenvalue weighted by Crippen LogP contribution is -2.32. The summed E-state index contributed by atoms with van der Waals surface area (Å²) in [7, 11) is 0. The number of esters is 1. The van der Waals surface area contributed by atoms with E-state index in [2.05, 4.69) is 41.7 Å².